The highest BCUT2D eigenvalue weighted by atomic mass is 35.5. The van der Waals surface area contributed by atoms with Gasteiger partial charge in [0.25, 0.3) is 0 Å². The van der Waals surface area contributed by atoms with Crippen molar-refractivity contribution in [1.29, 1.82) is 0 Å². The summed E-state index contributed by atoms with van der Waals surface area (Å²) in [5.74, 6) is -2.35. The molecule has 0 spiro atoms. The number of benzene rings is 2. The minimum absolute atomic E-state index is 0.245. The van der Waals surface area contributed by atoms with E-state index in [1.165, 1.54) is 0 Å². The number of hydrogen-bond donors (Lipinski definition) is 4. The monoisotopic (exact) mass is 512 g/mol. The molecule has 0 atom stereocenters. The second-order valence-electron chi connectivity index (χ2n) is 7.15. The van der Waals surface area contributed by atoms with Crippen molar-refractivity contribution in [2.24, 2.45) is 11.5 Å². The standard InChI is InChI=1S/C10H18O4.2C7H6ClNO/c11-9(12)7-5-3-1-2-4-6-8-10(13)14;2*8-6-3-1-5(2-4-6)7(9)10/h1-8H2,(H,11,12)(H,13,14);2*1-4H,(H2,9,10). The van der Waals surface area contributed by atoms with E-state index in [2.05, 4.69) is 0 Å². The smallest absolute Gasteiger partial charge is 0.303 e. The van der Waals surface area contributed by atoms with Crippen molar-refractivity contribution >= 4 is 47.0 Å². The first kappa shape index (κ1) is 30.9. The Kier molecular flexibility index (Phi) is 16.7. The fourth-order valence-corrected chi connectivity index (χ4v) is 2.74. The lowest BCUT2D eigenvalue weighted by Crippen LogP contribution is -2.10. The van der Waals surface area contributed by atoms with Crippen LogP contribution in [0.2, 0.25) is 10.0 Å². The molecule has 0 heterocycles. The van der Waals surface area contributed by atoms with Crippen LogP contribution in [0.4, 0.5) is 0 Å². The van der Waals surface area contributed by atoms with Gasteiger partial charge in [-0.25, -0.2) is 0 Å². The van der Waals surface area contributed by atoms with E-state index in [1.807, 2.05) is 0 Å². The first-order valence-corrected chi connectivity index (χ1v) is 11.3. The van der Waals surface area contributed by atoms with Gasteiger partial charge in [0.2, 0.25) is 11.8 Å². The van der Waals surface area contributed by atoms with E-state index in [0.29, 0.717) is 21.2 Å². The topological polar surface area (TPSA) is 161 Å². The van der Waals surface area contributed by atoms with Gasteiger partial charge in [-0.2, -0.15) is 0 Å². The van der Waals surface area contributed by atoms with Crippen molar-refractivity contribution in [2.45, 2.75) is 51.4 Å². The van der Waals surface area contributed by atoms with Gasteiger partial charge in [-0.15, -0.1) is 0 Å². The zero-order chi connectivity index (χ0) is 25.9. The largest absolute Gasteiger partial charge is 0.481 e. The van der Waals surface area contributed by atoms with Gasteiger partial charge in [-0.3, -0.25) is 19.2 Å². The molecule has 8 nitrogen and oxygen atoms in total. The van der Waals surface area contributed by atoms with E-state index in [-0.39, 0.29) is 12.8 Å². The molecule has 0 saturated carbocycles. The lowest BCUT2D eigenvalue weighted by Gasteiger charge is -1.98. The Balaban J connectivity index is 0.000000489. The maximum absolute atomic E-state index is 10.5. The number of carbonyl (C=O) groups excluding carboxylic acids is 2. The number of nitrogens with two attached hydrogens (primary N) is 2. The number of amides is 2. The highest BCUT2D eigenvalue weighted by molar-refractivity contribution is 6.31. The minimum Gasteiger partial charge on any atom is -0.481 e. The molecular formula is C24H30Cl2N2O6. The number of carboxylic acids is 2. The van der Waals surface area contributed by atoms with Crippen molar-refractivity contribution in [1.82, 2.24) is 0 Å². The molecule has 2 aromatic rings. The van der Waals surface area contributed by atoms with Gasteiger partial charge < -0.3 is 21.7 Å². The molecule has 0 aromatic heterocycles. The van der Waals surface area contributed by atoms with Crippen LogP contribution in [0.25, 0.3) is 0 Å². The highest BCUT2D eigenvalue weighted by Crippen LogP contribution is 2.10. The van der Waals surface area contributed by atoms with E-state index >= 15 is 0 Å². The van der Waals surface area contributed by atoms with Crippen LogP contribution in [-0.4, -0.2) is 34.0 Å². The number of hydrogen-bond acceptors (Lipinski definition) is 4. The molecule has 34 heavy (non-hydrogen) atoms. The summed E-state index contributed by atoms with van der Waals surface area (Å²) in [7, 11) is 0. The lowest BCUT2D eigenvalue weighted by molar-refractivity contribution is -0.138. The van der Waals surface area contributed by atoms with Gasteiger partial charge in [-0.1, -0.05) is 48.9 Å². The molecule has 0 fully saturated rings. The number of primary amides is 2. The van der Waals surface area contributed by atoms with Crippen LogP contribution in [0.3, 0.4) is 0 Å². The Morgan fingerprint density at radius 1 is 0.559 bits per heavy atom. The van der Waals surface area contributed by atoms with E-state index in [0.717, 1.165) is 38.5 Å². The summed E-state index contributed by atoms with van der Waals surface area (Å²) >= 11 is 11.1. The van der Waals surface area contributed by atoms with Gasteiger partial charge in [0.15, 0.2) is 0 Å². The zero-order valence-electron chi connectivity index (χ0n) is 18.7. The van der Waals surface area contributed by atoms with E-state index < -0.39 is 23.8 Å². The zero-order valence-corrected chi connectivity index (χ0v) is 20.2. The average molecular weight is 513 g/mol. The van der Waals surface area contributed by atoms with Crippen LogP contribution in [-0.2, 0) is 9.59 Å². The fourth-order valence-electron chi connectivity index (χ4n) is 2.49. The van der Waals surface area contributed by atoms with Crippen molar-refractivity contribution in [3.8, 4) is 0 Å². The Hall–Kier alpha value is -3.10. The molecule has 0 aliphatic heterocycles. The first-order valence-electron chi connectivity index (χ1n) is 10.6. The van der Waals surface area contributed by atoms with Crippen LogP contribution in [0.5, 0.6) is 0 Å². The molecule has 2 rings (SSSR count). The Labute approximate surface area is 208 Å². The van der Waals surface area contributed by atoms with Crippen molar-refractivity contribution in [2.75, 3.05) is 0 Å². The number of unbranched alkanes of at least 4 members (excludes halogenated alkanes) is 5. The van der Waals surface area contributed by atoms with E-state index in [4.69, 9.17) is 44.9 Å². The third-order valence-corrected chi connectivity index (χ3v) is 4.79. The van der Waals surface area contributed by atoms with Crippen LogP contribution in [0.1, 0.15) is 72.1 Å². The van der Waals surface area contributed by atoms with Gasteiger partial charge in [0, 0.05) is 34.0 Å². The first-order chi connectivity index (χ1) is 16.0. The van der Waals surface area contributed by atoms with Gasteiger partial charge >= 0.3 is 11.9 Å². The Morgan fingerprint density at radius 3 is 1.06 bits per heavy atom. The van der Waals surface area contributed by atoms with Gasteiger partial charge in [0.1, 0.15) is 0 Å². The molecular weight excluding hydrogens is 483 g/mol. The van der Waals surface area contributed by atoms with E-state index in [1.54, 1.807) is 48.5 Å². The molecule has 0 aliphatic rings. The molecule has 0 saturated heterocycles. The molecule has 6 N–H and O–H groups in total. The van der Waals surface area contributed by atoms with Crippen molar-refractivity contribution in [3.05, 3.63) is 69.7 Å². The number of halogens is 2. The highest BCUT2D eigenvalue weighted by Gasteiger charge is 1.99. The summed E-state index contributed by atoms with van der Waals surface area (Å²) in [6.07, 6.45) is 5.82. The van der Waals surface area contributed by atoms with Gasteiger partial charge in [-0.05, 0) is 61.4 Å². The summed E-state index contributed by atoms with van der Waals surface area (Å²) < 4.78 is 0. The molecule has 0 aliphatic carbocycles. The molecule has 186 valence electrons. The van der Waals surface area contributed by atoms with Gasteiger partial charge in [0.05, 0.1) is 0 Å². The quantitative estimate of drug-likeness (QED) is 0.304. The number of aliphatic carboxylic acids is 2. The fraction of sp³-hybridized carbons (Fsp3) is 0.333. The summed E-state index contributed by atoms with van der Waals surface area (Å²) in [6, 6.07) is 12.9. The predicted molar refractivity (Wildman–Crippen MR) is 132 cm³/mol. The normalized spacial score (nSPS) is 9.59. The SMILES string of the molecule is NC(=O)c1ccc(Cl)cc1.NC(=O)c1ccc(Cl)cc1.O=C(O)CCCCCCCCC(=O)O. The summed E-state index contributed by atoms with van der Waals surface area (Å²) in [5.41, 5.74) is 10.9. The van der Waals surface area contributed by atoms with Crippen molar-refractivity contribution in [3.63, 3.8) is 0 Å². The summed E-state index contributed by atoms with van der Waals surface area (Å²) in [5, 5.41) is 17.9. The van der Waals surface area contributed by atoms with Crippen LogP contribution < -0.4 is 11.5 Å². The molecule has 0 bridgehead atoms. The molecule has 2 aromatic carbocycles. The second-order valence-corrected chi connectivity index (χ2v) is 8.02. The lowest BCUT2D eigenvalue weighted by atomic mass is 10.1. The third kappa shape index (κ3) is 17.5. The molecule has 0 unspecified atom stereocenters. The Bertz CT molecular complexity index is 827. The summed E-state index contributed by atoms with van der Waals surface area (Å²) in [6.45, 7) is 0. The third-order valence-electron chi connectivity index (χ3n) is 4.29. The average Bonchev–Trinajstić information content (AvgIpc) is 2.77. The maximum Gasteiger partial charge on any atom is 0.303 e. The van der Waals surface area contributed by atoms with E-state index in [9.17, 15) is 19.2 Å². The number of rotatable bonds is 11. The van der Waals surface area contributed by atoms with Crippen LogP contribution in [0.15, 0.2) is 48.5 Å². The predicted octanol–water partition coefficient (Wildman–Crippen LogP) is 5.15. The second kappa shape index (κ2) is 18.3. The van der Waals surface area contributed by atoms with Crippen molar-refractivity contribution < 1.29 is 29.4 Å². The molecule has 0 radical (unpaired) electrons. The summed E-state index contributed by atoms with van der Waals surface area (Å²) in [4.78, 5) is 41.3. The van der Waals surface area contributed by atoms with Crippen LogP contribution >= 0.6 is 23.2 Å². The maximum atomic E-state index is 10.5. The van der Waals surface area contributed by atoms with Crippen LogP contribution in [0, 0.1) is 0 Å². The number of carboxylic acid groups (broad SMARTS) is 2. The Morgan fingerprint density at radius 2 is 0.824 bits per heavy atom. The minimum atomic E-state index is -0.740. The molecule has 2 amide bonds. The number of carbonyl (C=O) groups is 4. The molecule has 10 heteroatoms.